The summed E-state index contributed by atoms with van der Waals surface area (Å²) < 4.78 is 22.7. The van der Waals surface area contributed by atoms with E-state index in [1.807, 2.05) is 0 Å². The van der Waals surface area contributed by atoms with Crippen molar-refractivity contribution >= 4 is 32.3 Å². The van der Waals surface area contributed by atoms with Gasteiger partial charge in [-0.15, -0.1) is 0 Å². The van der Waals surface area contributed by atoms with Gasteiger partial charge in [-0.25, -0.2) is 0 Å². The predicted octanol–water partition coefficient (Wildman–Crippen LogP) is -1.53. The summed E-state index contributed by atoms with van der Waals surface area (Å²) in [6.45, 7) is 0. The summed E-state index contributed by atoms with van der Waals surface area (Å²) in [5.41, 5.74) is 0. The molecule has 2 nitrogen and oxygen atoms in total. The average molecular weight is 89.0 g/mol. The van der Waals surface area contributed by atoms with E-state index in [1.54, 1.807) is 0 Å². The van der Waals surface area contributed by atoms with Crippen molar-refractivity contribution in [1.29, 1.82) is 0.939 Å². The van der Waals surface area contributed by atoms with Crippen LogP contribution in [0.5, 0.6) is 0 Å². The third kappa shape index (κ3) is 16.7. The zero-order valence-electron chi connectivity index (χ0n) is 3.10. The monoisotopic (exact) mass is 89.0 g/mol. The van der Waals surface area contributed by atoms with Crippen LogP contribution in [0.1, 0.15) is 0 Å². The van der Waals surface area contributed by atoms with Crippen molar-refractivity contribution in [3.63, 3.8) is 0 Å². The quantitative estimate of drug-likeness (QED) is 0.337. The molecule has 0 aromatic rings. The molecule has 20 valence electrons. The van der Waals surface area contributed by atoms with E-state index in [1.165, 1.54) is 0 Å². The number of rotatable bonds is 0. The molecule has 0 saturated carbocycles. The molecule has 4 heavy (non-hydrogen) atoms. The molecule has 0 fully saturated rings. The minimum atomic E-state index is -1.25. The van der Waals surface area contributed by atoms with Crippen molar-refractivity contribution in [2.45, 2.75) is 0 Å². The molecule has 0 saturated heterocycles. The average Bonchev–Trinajstić information content (AvgIpc) is 1.46. The van der Waals surface area contributed by atoms with Gasteiger partial charge in [0.1, 0.15) is 0 Å². The van der Waals surface area contributed by atoms with Gasteiger partial charge < -0.3 is 0 Å². The van der Waals surface area contributed by atoms with Gasteiger partial charge in [0.25, 0.3) is 0 Å². The fourth-order valence-electron chi connectivity index (χ4n) is 0. The van der Waals surface area contributed by atoms with Crippen molar-refractivity contribution in [3.05, 3.63) is 0 Å². The molecular weight excluding hydrogens is 86.0 g/mol. The van der Waals surface area contributed by atoms with Crippen molar-refractivity contribution < 1.29 is 7.61 Å². The third-order valence-electron chi connectivity index (χ3n) is 0. The Morgan fingerprint density at radius 2 is 1.50 bits per heavy atom. The van der Waals surface area contributed by atoms with Gasteiger partial charge in [-0.2, -0.15) is 0 Å². The molecule has 0 spiro atoms. The first-order valence-corrected chi connectivity index (χ1v) is 1.57. The van der Waals surface area contributed by atoms with Gasteiger partial charge in [0, 0.05) is 0 Å². The van der Waals surface area contributed by atoms with Crippen LogP contribution >= 0.6 is 0 Å². The molecule has 0 N–H and O–H groups in total. The van der Waals surface area contributed by atoms with Crippen LogP contribution in [0.4, 0.5) is 0 Å². The molecule has 0 aromatic carbocycles. The van der Waals surface area contributed by atoms with Gasteiger partial charge in [0.05, 0.1) is 0 Å². The van der Waals surface area contributed by atoms with E-state index < -0.39 is 16.1 Å². The van der Waals surface area contributed by atoms with Crippen LogP contribution in [0.25, 0.3) is 0 Å². The molecule has 0 atom stereocenters. The SMILES string of the molecule is [2H][Al]=[O].[O]=[AlH]. The van der Waals surface area contributed by atoms with E-state index >= 15 is 0 Å². The fourth-order valence-corrected chi connectivity index (χ4v) is 0. The molecule has 0 aliphatic rings. The maximum absolute atomic E-state index is 8.68. The molecule has 0 aliphatic carbocycles. The molecule has 0 unspecified atom stereocenters. The molecule has 0 amide bonds. The molecule has 0 aliphatic heterocycles. The van der Waals surface area contributed by atoms with E-state index in [4.69, 9.17) is 8.55 Å². The van der Waals surface area contributed by atoms with E-state index in [2.05, 4.69) is 0 Å². The summed E-state index contributed by atoms with van der Waals surface area (Å²) in [7, 11) is 0. The van der Waals surface area contributed by atoms with E-state index in [-0.39, 0.29) is 0 Å². The van der Waals surface area contributed by atoms with Crippen LogP contribution in [0.15, 0.2) is 0 Å². The number of hydrogen-bond donors (Lipinski definition) is 0. The second-order valence-electron chi connectivity index (χ2n) is 0. The van der Waals surface area contributed by atoms with E-state index in [9.17, 15) is 0 Å². The van der Waals surface area contributed by atoms with Crippen LogP contribution in [0.2, 0.25) is 0 Å². The summed E-state index contributed by atoms with van der Waals surface area (Å²) in [6, 6.07) is 0. The standard InChI is InChI=1S/2Al.2O.2H/i;;;;1+1;. The fraction of sp³-hybridized carbons (Fsp3) is 0. The summed E-state index contributed by atoms with van der Waals surface area (Å²) in [5.74, 6) is 0. The first-order chi connectivity index (χ1) is 2.41. The van der Waals surface area contributed by atoms with Gasteiger partial charge >= 0.3 is 40.9 Å². The van der Waals surface area contributed by atoms with Crippen LogP contribution in [-0.4, -0.2) is 33.3 Å². The second kappa shape index (κ2) is 58.9. The first-order valence-electron chi connectivity index (χ1n) is 1.10. The molecular formula is H2Al2O2. The molecule has 0 rings (SSSR count). The van der Waals surface area contributed by atoms with Crippen molar-refractivity contribution in [3.8, 4) is 0 Å². The molecule has 0 heterocycles. The maximum atomic E-state index is 8.68. The Bertz CT molecular complexity index is 21.6. The van der Waals surface area contributed by atoms with E-state index in [0.717, 1.165) is 0 Å². The topological polar surface area (TPSA) is 34.1 Å². The van der Waals surface area contributed by atoms with E-state index in [0.29, 0.717) is 16.2 Å². The van der Waals surface area contributed by atoms with Crippen LogP contribution in [0, 0.1) is 0 Å². The van der Waals surface area contributed by atoms with Crippen molar-refractivity contribution in [2.24, 2.45) is 0 Å². The van der Waals surface area contributed by atoms with Gasteiger partial charge in [-0.3, -0.25) is 0 Å². The summed E-state index contributed by atoms with van der Waals surface area (Å²) in [5, 5.41) is 0. The van der Waals surface area contributed by atoms with Crippen LogP contribution in [-0.2, 0) is 7.61 Å². The van der Waals surface area contributed by atoms with Gasteiger partial charge in [-0.05, 0) is 0 Å². The molecule has 0 radical (unpaired) electrons. The molecule has 4 heteroatoms. The Morgan fingerprint density at radius 3 is 1.50 bits per heavy atom. The van der Waals surface area contributed by atoms with Gasteiger partial charge in [0.15, 0.2) is 0 Å². The Kier molecular flexibility index (Phi) is 68.7. The zero-order valence-corrected chi connectivity index (χ0v) is 4.67. The molecule has 0 bridgehead atoms. The number of hydrogen-bond acceptors (Lipinski definition) is 2. The summed E-state index contributed by atoms with van der Waals surface area (Å²) in [4.78, 5) is 0. The predicted molar refractivity (Wildman–Crippen MR) is 15.7 cm³/mol. The van der Waals surface area contributed by atoms with Crippen molar-refractivity contribution in [1.82, 2.24) is 0 Å². The zero-order chi connectivity index (χ0) is 4.71. The Labute approximate surface area is 41.3 Å². The Morgan fingerprint density at radius 1 is 1.50 bits per heavy atom. The Hall–Kier alpha value is 0.665. The molecule has 0 aromatic heterocycles. The van der Waals surface area contributed by atoms with Crippen molar-refractivity contribution in [2.75, 3.05) is 0 Å². The van der Waals surface area contributed by atoms with Gasteiger partial charge in [0.2, 0.25) is 0 Å². The second-order valence-corrected chi connectivity index (χ2v) is 0. The third-order valence-corrected chi connectivity index (χ3v) is 0. The van der Waals surface area contributed by atoms with Crippen LogP contribution < -0.4 is 0 Å². The summed E-state index contributed by atoms with van der Waals surface area (Å²) in [6.07, 6.45) is 0. The first kappa shape index (κ1) is 4.66. The van der Waals surface area contributed by atoms with Gasteiger partial charge in [-0.1, -0.05) is 0 Å². The summed E-state index contributed by atoms with van der Waals surface area (Å²) >= 11 is -0.639. The Balaban J connectivity index is 0. The van der Waals surface area contributed by atoms with Crippen LogP contribution in [0.3, 0.4) is 0 Å². The normalized spacial score (nSPS) is 3.25. The minimum absolute atomic E-state index is 0.611.